The van der Waals surface area contributed by atoms with Gasteiger partial charge in [-0.25, -0.2) is 4.39 Å². The first kappa shape index (κ1) is 14.0. The number of rotatable bonds is 4. The molecular weight excluding hydrogens is 309 g/mol. The van der Waals surface area contributed by atoms with Gasteiger partial charge in [0, 0.05) is 16.1 Å². The minimum absolute atomic E-state index is 0.0499. The van der Waals surface area contributed by atoms with Crippen LogP contribution >= 0.6 is 15.9 Å². The average molecular weight is 324 g/mol. The highest BCUT2D eigenvalue weighted by molar-refractivity contribution is 9.10. The Kier molecular flexibility index (Phi) is 4.56. The molecule has 0 fully saturated rings. The minimum atomic E-state index is -0.272. The molecule has 2 aromatic carbocycles. The van der Waals surface area contributed by atoms with Crippen LogP contribution in [0.5, 0.6) is 5.75 Å². The van der Waals surface area contributed by atoms with Crippen LogP contribution in [0, 0.1) is 5.82 Å². The van der Waals surface area contributed by atoms with E-state index >= 15 is 0 Å². The standard InChI is InChI=1S/C15H15BrFNO/c1-10(18)11-3-2-4-14(8-11)19-9-12-7-13(16)5-6-15(12)17/h2-8,10H,9,18H2,1H3. The summed E-state index contributed by atoms with van der Waals surface area (Å²) in [7, 11) is 0. The lowest BCUT2D eigenvalue weighted by Gasteiger charge is -2.10. The molecule has 0 saturated carbocycles. The van der Waals surface area contributed by atoms with Crippen molar-refractivity contribution in [3.63, 3.8) is 0 Å². The number of halogens is 2. The Labute approximate surface area is 120 Å². The third kappa shape index (κ3) is 3.78. The Hall–Kier alpha value is -1.39. The number of benzene rings is 2. The highest BCUT2D eigenvalue weighted by Crippen LogP contribution is 2.21. The van der Waals surface area contributed by atoms with E-state index in [4.69, 9.17) is 10.5 Å². The van der Waals surface area contributed by atoms with E-state index in [2.05, 4.69) is 15.9 Å². The molecule has 2 nitrogen and oxygen atoms in total. The van der Waals surface area contributed by atoms with Crippen LogP contribution in [0.25, 0.3) is 0 Å². The van der Waals surface area contributed by atoms with E-state index in [0.717, 1.165) is 10.0 Å². The molecule has 2 N–H and O–H groups in total. The van der Waals surface area contributed by atoms with Gasteiger partial charge in [0.2, 0.25) is 0 Å². The SMILES string of the molecule is CC(N)c1cccc(OCc2cc(Br)ccc2F)c1. The fourth-order valence-corrected chi connectivity index (χ4v) is 2.11. The zero-order valence-electron chi connectivity index (χ0n) is 10.6. The van der Waals surface area contributed by atoms with Gasteiger partial charge in [-0.1, -0.05) is 28.1 Å². The Balaban J connectivity index is 2.10. The van der Waals surface area contributed by atoms with E-state index in [9.17, 15) is 4.39 Å². The van der Waals surface area contributed by atoms with Crippen LogP contribution in [0.4, 0.5) is 4.39 Å². The monoisotopic (exact) mass is 323 g/mol. The predicted molar refractivity (Wildman–Crippen MR) is 77.5 cm³/mol. The maximum Gasteiger partial charge on any atom is 0.129 e. The Bertz CT molecular complexity index is 572. The second-order valence-corrected chi connectivity index (χ2v) is 5.30. The molecule has 4 heteroatoms. The number of hydrogen-bond donors (Lipinski definition) is 1. The Morgan fingerprint density at radius 3 is 2.79 bits per heavy atom. The normalized spacial score (nSPS) is 12.2. The summed E-state index contributed by atoms with van der Waals surface area (Å²) < 4.78 is 20.0. The molecule has 1 unspecified atom stereocenters. The Morgan fingerprint density at radius 1 is 1.26 bits per heavy atom. The summed E-state index contributed by atoms with van der Waals surface area (Å²) in [6.07, 6.45) is 0. The van der Waals surface area contributed by atoms with Crippen molar-refractivity contribution in [2.45, 2.75) is 19.6 Å². The molecule has 19 heavy (non-hydrogen) atoms. The molecule has 100 valence electrons. The molecule has 1 atom stereocenters. The summed E-state index contributed by atoms with van der Waals surface area (Å²) in [4.78, 5) is 0. The molecule has 0 aliphatic carbocycles. The molecule has 0 radical (unpaired) electrons. The highest BCUT2D eigenvalue weighted by Gasteiger charge is 2.05. The van der Waals surface area contributed by atoms with Crippen LogP contribution in [-0.4, -0.2) is 0 Å². The molecule has 0 spiro atoms. The zero-order valence-corrected chi connectivity index (χ0v) is 12.2. The van der Waals surface area contributed by atoms with Crippen molar-refractivity contribution in [3.05, 3.63) is 63.9 Å². The van der Waals surface area contributed by atoms with Crippen LogP contribution in [0.2, 0.25) is 0 Å². The van der Waals surface area contributed by atoms with Gasteiger partial charge in [0.15, 0.2) is 0 Å². The van der Waals surface area contributed by atoms with E-state index in [0.29, 0.717) is 11.3 Å². The second kappa shape index (κ2) is 6.17. The topological polar surface area (TPSA) is 35.2 Å². The number of ether oxygens (including phenoxy) is 1. The maximum atomic E-state index is 13.6. The van der Waals surface area contributed by atoms with Crippen LogP contribution in [-0.2, 0) is 6.61 Å². The molecule has 0 aliphatic rings. The molecule has 2 rings (SSSR count). The molecule has 0 saturated heterocycles. The Morgan fingerprint density at radius 2 is 2.05 bits per heavy atom. The number of hydrogen-bond acceptors (Lipinski definition) is 2. The van der Waals surface area contributed by atoms with Crippen molar-refractivity contribution in [2.24, 2.45) is 5.73 Å². The van der Waals surface area contributed by atoms with Crippen LogP contribution < -0.4 is 10.5 Å². The molecule has 0 bridgehead atoms. The molecular formula is C15H15BrFNO. The van der Waals surface area contributed by atoms with E-state index in [-0.39, 0.29) is 18.5 Å². The summed E-state index contributed by atoms with van der Waals surface area (Å²) in [6.45, 7) is 2.10. The van der Waals surface area contributed by atoms with Crippen molar-refractivity contribution in [3.8, 4) is 5.75 Å². The lowest BCUT2D eigenvalue weighted by molar-refractivity contribution is 0.299. The summed E-state index contributed by atoms with van der Waals surface area (Å²) in [5.41, 5.74) is 7.32. The van der Waals surface area contributed by atoms with Gasteiger partial charge in [-0.3, -0.25) is 0 Å². The molecule has 0 aromatic heterocycles. The van der Waals surface area contributed by atoms with Gasteiger partial charge in [-0.15, -0.1) is 0 Å². The highest BCUT2D eigenvalue weighted by atomic mass is 79.9. The van der Waals surface area contributed by atoms with E-state index in [1.54, 1.807) is 12.1 Å². The van der Waals surface area contributed by atoms with Gasteiger partial charge in [0.05, 0.1) is 0 Å². The quantitative estimate of drug-likeness (QED) is 0.915. The third-order valence-electron chi connectivity index (χ3n) is 2.79. The van der Waals surface area contributed by atoms with E-state index in [1.807, 2.05) is 31.2 Å². The molecule has 0 heterocycles. The molecule has 0 aliphatic heterocycles. The second-order valence-electron chi connectivity index (χ2n) is 4.39. The zero-order chi connectivity index (χ0) is 13.8. The fourth-order valence-electron chi connectivity index (χ4n) is 1.70. The lowest BCUT2D eigenvalue weighted by atomic mass is 10.1. The van der Waals surface area contributed by atoms with Crippen LogP contribution in [0.15, 0.2) is 46.9 Å². The summed E-state index contributed by atoms with van der Waals surface area (Å²) in [5.74, 6) is 0.417. The van der Waals surface area contributed by atoms with Gasteiger partial charge in [0.25, 0.3) is 0 Å². The van der Waals surface area contributed by atoms with Crippen molar-refractivity contribution >= 4 is 15.9 Å². The van der Waals surface area contributed by atoms with Gasteiger partial charge in [-0.05, 0) is 42.8 Å². The minimum Gasteiger partial charge on any atom is -0.489 e. The first-order valence-corrected chi connectivity index (χ1v) is 6.78. The fraction of sp³-hybridized carbons (Fsp3) is 0.200. The molecule has 0 amide bonds. The maximum absolute atomic E-state index is 13.6. The van der Waals surface area contributed by atoms with Gasteiger partial charge < -0.3 is 10.5 Å². The summed E-state index contributed by atoms with van der Waals surface area (Å²) >= 11 is 3.31. The van der Waals surface area contributed by atoms with Gasteiger partial charge in [-0.2, -0.15) is 0 Å². The predicted octanol–water partition coefficient (Wildman–Crippen LogP) is 4.19. The van der Waals surface area contributed by atoms with Crippen LogP contribution in [0.3, 0.4) is 0 Å². The van der Waals surface area contributed by atoms with E-state index in [1.165, 1.54) is 6.07 Å². The van der Waals surface area contributed by atoms with Crippen LogP contribution in [0.1, 0.15) is 24.1 Å². The average Bonchev–Trinajstić information content (AvgIpc) is 2.40. The first-order valence-electron chi connectivity index (χ1n) is 5.98. The first-order chi connectivity index (χ1) is 9.06. The van der Waals surface area contributed by atoms with Crippen molar-refractivity contribution in [1.82, 2.24) is 0 Å². The summed E-state index contributed by atoms with van der Waals surface area (Å²) in [5, 5.41) is 0. The van der Waals surface area contributed by atoms with Crippen molar-refractivity contribution in [1.29, 1.82) is 0 Å². The third-order valence-corrected chi connectivity index (χ3v) is 3.28. The summed E-state index contributed by atoms with van der Waals surface area (Å²) in [6, 6.07) is 12.3. The van der Waals surface area contributed by atoms with E-state index < -0.39 is 0 Å². The van der Waals surface area contributed by atoms with Crippen molar-refractivity contribution < 1.29 is 9.13 Å². The van der Waals surface area contributed by atoms with Gasteiger partial charge in [0.1, 0.15) is 18.2 Å². The molecule has 2 aromatic rings. The largest absolute Gasteiger partial charge is 0.489 e. The smallest absolute Gasteiger partial charge is 0.129 e. The lowest BCUT2D eigenvalue weighted by Crippen LogP contribution is -2.05. The number of nitrogens with two attached hydrogens (primary N) is 1. The van der Waals surface area contributed by atoms with Gasteiger partial charge >= 0.3 is 0 Å². The van der Waals surface area contributed by atoms with Crippen molar-refractivity contribution in [2.75, 3.05) is 0 Å².